The summed E-state index contributed by atoms with van der Waals surface area (Å²) >= 11 is 0. The third-order valence-electron chi connectivity index (χ3n) is 4.41. The number of amides is 2. The zero-order valence-corrected chi connectivity index (χ0v) is 15.7. The first-order valence-corrected chi connectivity index (χ1v) is 9.17. The smallest absolute Gasteiger partial charge is 0.504 e. The van der Waals surface area contributed by atoms with E-state index < -0.39 is 17.9 Å². The molecule has 2 aromatic rings. The highest BCUT2D eigenvalue weighted by Gasteiger charge is 2.32. The van der Waals surface area contributed by atoms with E-state index in [4.69, 9.17) is 4.74 Å². The second-order valence-corrected chi connectivity index (χ2v) is 6.57. The highest BCUT2D eigenvalue weighted by molar-refractivity contribution is 5.75. The van der Waals surface area contributed by atoms with E-state index in [9.17, 15) is 23.1 Å². The third-order valence-corrected chi connectivity index (χ3v) is 4.41. The van der Waals surface area contributed by atoms with E-state index in [0.29, 0.717) is 36.4 Å². The second-order valence-electron chi connectivity index (χ2n) is 6.57. The Hall–Kier alpha value is -3.10. The maximum Gasteiger partial charge on any atom is 0.573 e. The van der Waals surface area contributed by atoms with Crippen molar-refractivity contribution in [3.63, 3.8) is 0 Å². The molecule has 0 aliphatic carbocycles. The van der Waals surface area contributed by atoms with Crippen molar-refractivity contribution in [3.05, 3.63) is 42.0 Å². The van der Waals surface area contributed by atoms with Crippen LogP contribution >= 0.6 is 0 Å². The molecule has 1 aliphatic heterocycles. The van der Waals surface area contributed by atoms with Gasteiger partial charge in [0.2, 0.25) is 0 Å². The van der Waals surface area contributed by atoms with E-state index in [0.717, 1.165) is 24.1 Å². The number of phenolic OH excluding ortho intramolecular Hbond substituents is 1. The molecule has 2 aromatic carbocycles. The van der Waals surface area contributed by atoms with Gasteiger partial charge in [-0.2, -0.15) is 0 Å². The number of hydrogen-bond acceptors (Lipinski definition) is 4. The Balaban J connectivity index is 1.88. The molecule has 2 amide bonds. The van der Waals surface area contributed by atoms with Gasteiger partial charge in [0, 0.05) is 18.5 Å². The fourth-order valence-electron chi connectivity index (χ4n) is 3.07. The highest BCUT2D eigenvalue weighted by Crippen LogP contribution is 2.39. The first-order chi connectivity index (χ1) is 13.8. The van der Waals surface area contributed by atoms with E-state index in [1.54, 1.807) is 18.2 Å². The van der Waals surface area contributed by atoms with E-state index in [1.807, 2.05) is 6.92 Å². The van der Waals surface area contributed by atoms with Gasteiger partial charge in [-0.05, 0) is 41.8 Å². The fraction of sp³-hybridized carbons (Fsp3) is 0.350. The molecule has 0 fully saturated rings. The van der Waals surface area contributed by atoms with Crippen molar-refractivity contribution in [1.29, 1.82) is 0 Å². The van der Waals surface area contributed by atoms with Gasteiger partial charge in [-0.1, -0.05) is 19.1 Å². The number of rotatable bonds is 5. The maximum atomic E-state index is 12.5. The largest absolute Gasteiger partial charge is 0.573 e. The average Bonchev–Trinajstić information content (AvgIpc) is 2.67. The van der Waals surface area contributed by atoms with Crippen LogP contribution < -0.4 is 20.1 Å². The minimum Gasteiger partial charge on any atom is -0.504 e. The van der Waals surface area contributed by atoms with Gasteiger partial charge in [0.1, 0.15) is 5.75 Å². The number of carbonyl (C=O) groups is 1. The molecule has 0 spiro atoms. The van der Waals surface area contributed by atoms with Crippen molar-refractivity contribution >= 4 is 6.03 Å². The van der Waals surface area contributed by atoms with E-state index in [2.05, 4.69) is 15.4 Å². The molecular formula is C20H21F3N2O4. The van der Waals surface area contributed by atoms with Crippen molar-refractivity contribution in [2.75, 3.05) is 13.2 Å². The van der Waals surface area contributed by atoms with E-state index in [1.165, 1.54) is 6.07 Å². The summed E-state index contributed by atoms with van der Waals surface area (Å²) in [6.07, 6.45) is -3.54. The number of benzene rings is 2. The summed E-state index contributed by atoms with van der Waals surface area (Å²) in [4.78, 5) is 12.0. The number of ether oxygens (including phenoxy) is 2. The standard InChI is InChI=1S/C20H21F3N2O4/c1-2-8-24-19(27)25-15-7-9-28-17-6-4-12(10-14(15)17)13-3-5-16(26)18(11-13)29-20(21,22)23/h3-6,10-11,15,26H,2,7-9H2,1H3,(H2,24,25,27). The predicted molar refractivity (Wildman–Crippen MR) is 99.9 cm³/mol. The van der Waals surface area contributed by atoms with Crippen molar-refractivity contribution in [2.45, 2.75) is 32.2 Å². The molecule has 1 heterocycles. The molecule has 9 heteroatoms. The zero-order chi connectivity index (χ0) is 21.0. The lowest BCUT2D eigenvalue weighted by Crippen LogP contribution is -2.39. The van der Waals surface area contributed by atoms with Gasteiger partial charge in [-0.25, -0.2) is 4.79 Å². The Morgan fingerprint density at radius 2 is 1.97 bits per heavy atom. The predicted octanol–water partition coefficient (Wildman–Crippen LogP) is 4.49. The van der Waals surface area contributed by atoms with Crippen LogP contribution in [0.1, 0.15) is 31.4 Å². The van der Waals surface area contributed by atoms with Crippen LogP contribution in [0.2, 0.25) is 0 Å². The molecule has 3 N–H and O–H groups in total. The Morgan fingerprint density at radius 1 is 1.24 bits per heavy atom. The van der Waals surface area contributed by atoms with Gasteiger partial charge in [0.05, 0.1) is 12.6 Å². The summed E-state index contributed by atoms with van der Waals surface area (Å²) in [5, 5.41) is 15.3. The van der Waals surface area contributed by atoms with Crippen LogP contribution in [0.5, 0.6) is 17.2 Å². The zero-order valence-electron chi connectivity index (χ0n) is 15.7. The summed E-state index contributed by atoms with van der Waals surface area (Å²) < 4.78 is 47.1. The van der Waals surface area contributed by atoms with Crippen molar-refractivity contribution in [3.8, 4) is 28.4 Å². The number of carbonyl (C=O) groups excluding carboxylic acids is 1. The Kier molecular flexibility index (Phi) is 6.05. The van der Waals surface area contributed by atoms with Crippen LogP contribution in [0, 0.1) is 0 Å². The average molecular weight is 410 g/mol. The lowest BCUT2D eigenvalue weighted by molar-refractivity contribution is -0.275. The number of hydrogen-bond donors (Lipinski definition) is 3. The molecule has 1 unspecified atom stereocenters. The number of urea groups is 1. The number of nitrogens with one attached hydrogen (secondary N) is 2. The van der Waals surface area contributed by atoms with Crippen molar-refractivity contribution in [2.24, 2.45) is 0 Å². The van der Waals surface area contributed by atoms with Gasteiger partial charge in [0.15, 0.2) is 11.5 Å². The van der Waals surface area contributed by atoms with Crippen LogP contribution in [0.15, 0.2) is 36.4 Å². The Morgan fingerprint density at radius 3 is 2.69 bits per heavy atom. The monoisotopic (exact) mass is 410 g/mol. The first kappa shape index (κ1) is 20.6. The fourth-order valence-corrected chi connectivity index (χ4v) is 3.07. The quantitative estimate of drug-likeness (QED) is 0.679. The summed E-state index contributed by atoms with van der Waals surface area (Å²) in [6, 6.07) is 8.31. The molecule has 0 bridgehead atoms. The van der Waals surface area contributed by atoms with Gasteiger partial charge >= 0.3 is 12.4 Å². The molecule has 1 aliphatic rings. The van der Waals surface area contributed by atoms with Gasteiger partial charge in [-0.15, -0.1) is 13.2 Å². The number of alkyl halides is 3. The summed E-state index contributed by atoms with van der Waals surface area (Å²) in [6.45, 7) is 2.94. The van der Waals surface area contributed by atoms with Crippen molar-refractivity contribution < 1.29 is 32.5 Å². The molecule has 3 rings (SSSR count). The SMILES string of the molecule is CCCNC(=O)NC1CCOc2ccc(-c3ccc(O)c(OC(F)(F)F)c3)cc21. The Bertz CT molecular complexity index is 887. The number of halogens is 3. The van der Waals surface area contributed by atoms with E-state index >= 15 is 0 Å². The van der Waals surface area contributed by atoms with Crippen LogP contribution in [0.25, 0.3) is 11.1 Å². The molecular weight excluding hydrogens is 389 g/mol. The molecule has 1 atom stereocenters. The lowest BCUT2D eigenvalue weighted by Gasteiger charge is -2.27. The first-order valence-electron chi connectivity index (χ1n) is 9.17. The van der Waals surface area contributed by atoms with Gasteiger partial charge in [0.25, 0.3) is 0 Å². The summed E-state index contributed by atoms with van der Waals surface area (Å²) in [5.41, 5.74) is 1.75. The number of aromatic hydroxyl groups is 1. The van der Waals surface area contributed by atoms with Crippen LogP contribution in [-0.4, -0.2) is 30.7 Å². The van der Waals surface area contributed by atoms with Crippen LogP contribution in [0.3, 0.4) is 0 Å². The van der Waals surface area contributed by atoms with Crippen molar-refractivity contribution in [1.82, 2.24) is 10.6 Å². The normalized spacial score (nSPS) is 15.8. The van der Waals surface area contributed by atoms with Crippen LogP contribution in [-0.2, 0) is 0 Å². The lowest BCUT2D eigenvalue weighted by atomic mass is 9.95. The minimum atomic E-state index is -4.92. The minimum absolute atomic E-state index is 0.291. The summed E-state index contributed by atoms with van der Waals surface area (Å²) in [7, 11) is 0. The molecule has 0 radical (unpaired) electrons. The topological polar surface area (TPSA) is 79.8 Å². The molecule has 0 aromatic heterocycles. The maximum absolute atomic E-state index is 12.5. The third kappa shape index (κ3) is 5.24. The molecule has 29 heavy (non-hydrogen) atoms. The highest BCUT2D eigenvalue weighted by atomic mass is 19.4. The Labute approximate surface area is 165 Å². The molecule has 156 valence electrons. The molecule has 0 saturated heterocycles. The van der Waals surface area contributed by atoms with Crippen LogP contribution in [0.4, 0.5) is 18.0 Å². The summed E-state index contributed by atoms with van der Waals surface area (Å²) in [5.74, 6) is -0.691. The number of fused-ring (bicyclic) bond motifs is 1. The van der Waals surface area contributed by atoms with Gasteiger partial charge < -0.3 is 25.2 Å². The second kappa shape index (κ2) is 8.50. The van der Waals surface area contributed by atoms with E-state index in [-0.39, 0.29) is 12.1 Å². The number of phenols is 1. The van der Waals surface area contributed by atoms with Gasteiger partial charge in [-0.3, -0.25) is 0 Å². The molecule has 0 saturated carbocycles. The molecule has 6 nitrogen and oxygen atoms in total.